The summed E-state index contributed by atoms with van der Waals surface area (Å²) in [6.45, 7) is 4.38. The number of benzene rings is 1. The molecule has 2 aromatic rings. The van der Waals surface area contributed by atoms with Crippen LogP contribution in [-0.4, -0.2) is 4.98 Å². The van der Waals surface area contributed by atoms with Crippen molar-refractivity contribution in [2.75, 3.05) is 0 Å². The maximum absolute atomic E-state index is 6.20. The van der Waals surface area contributed by atoms with Gasteiger partial charge < -0.3 is 10.7 Å². The molecule has 3 N–H and O–H groups in total. The minimum atomic E-state index is 0. The van der Waals surface area contributed by atoms with Crippen LogP contribution in [0, 0.1) is 5.92 Å². The van der Waals surface area contributed by atoms with E-state index >= 15 is 0 Å². The lowest BCUT2D eigenvalue weighted by Gasteiger charge is -2.18. The second-order valence-corrected chi connectivity index (χ2v) is 4.24. The molecule has 0 fully saturated rings. The predicted molar refractivity (Wildman–Crippen MR) is 71.9 cm³/mol. The van der Waals surface area contributed by atoms with E-state index in [2.05, 4.69) is 43.1 Å². The summed E-state index contributed by atoms with van der Waals surface area (Å²) in [5.74, 6) is 0.529. The molecule has 3 heteroatoms. The van der Waals surface area contributed by atoms with Gasteiger partial charge in [-0.15, -0.1) is 12.4 Å². The van der Waals surface area contributed by atoms with Crippen LogP contribution in [0.4, 0.5) is 0 Å². The van der Waals surface area contributed by atoms with Crippen molar-refractivity contribution < 1.29 is 0 Å². The molecule has 0 bridgehead atoms. The van der Waals surface area contributed by atoms with Gasteiger partial charge in [0.05, 0.1) is 0 Å². The van der Waals surface area contributed by atoms with Gasteiger partial charge >= 0.3 is 0 Å². The van der Waals surface area contributed by atoms with Crippen LogP contribution in [0.1, 0.15) is 31.9 Å². The lowest BCUT2D eigenvalue weighted by atomic mass is 9.93. The Labute approximate surface area is 103 Å². The number of nitrogens with two attached hydrogens (primary N) is 1. The Balaban J connectivity index is 0.00000128. The molecule has 0 amide bonds. The van der Waals surface area contributed by atoms with Crippen molar-refractivity contribution in [3.63, 3.8) is 0 Å². The zero-order valence-electron chi connectivity index (χ0n) is 9.73. The van der Waals surface area contributed by atoms with Crippen molar-refractivity contribution in [3.8, 4) is 0 Å². The first kappa shape index (κ1) is 13.1. The molecule has 1 unspecified atom stereocenters. The quantitative estimate of drug-likeness (QED) is 0.843. The molecule has 16 heavy (non-hydrogen) atoms. The first-order valence-corrected chi connectivity index (χ1v) is 5.55. The van der Waals surface area contributed by atoms with Crippen molar-refractivity contribution in [3.05, 3.63) is 36.0 Å². The van der Waals surface area contributed by atoms with Gasteiger partial charge in [-0.3, -0.25) is 0 Å². The minimum Gasteiger partial charge on any atom is -0.361 e. The zero-order valence-corrected chi connectivity index (χ0v) is 10.6. The summed E-state index contributed by atoms with van der Waals surface area (Å²) in [4.78, 5) is 3.19. The normalized spacial score (nSPS) is 14.4. The Hall–Kier alpha value is -0.990. The molecule has 0 saturated heterocycles. The van der Waals surface area contributed by atoms with Crippen molar-refractivity contribution in [2.24, 2.45) is 11.7 Å². The largest absolute Gasteiger partial charge is 0.361 e. The summed E-state index contributed by atoms with van der Waals surface area (Å²) in [7, 11) is 0. The zero-order chi connectivity index (χ0) is 10.8. The third-order valence-corrected chi connectivity index (χ3v) is 3.22. The van der Waals surface area contributed by atoms with Crippen molar-refractivity contribution in [1.29, 1.82) is 0 Å². The van der Waals surface area contributed by atoms with Crippen molar-refractivity contribution in [1.82, 2.24) is 4.98 Å². The molecule has 0 aliphatic rings. The van der Waals surface area contributed by atoms with E-state index < -0.39 is 0 Å². The van der Waals surface area contributed by atoms with Crippen LogP contribution in [0.5, 0.6) is 0 Å². The number of fused-ring (bicyclic) bond motifs is 1. The van der Waals surface area contributed by atoms with E-state index in [0.717, 1.165) is 6.42 Å². The maximum atomic E-state index is 6.20. The molecule has 0 spiro atoms. The SMILES string of the molecule is CCC(C)[C@H](N)c1ccc2[nH]ccc2c1.Cl. The Bertz CT molecular complexity index is 450. The number of aromatic amines is 1. The van der Waals surface area contributed by atoms with E-state index in [1.54, 1.807) is 0 Å². The van der Waals surface area contributed by atoms with E-state index in [9.17, 15) is 0 Å². The standard InChI is InChI=1S/C13H18N2.ClH/c1-3-9(2)13(14)11-4-5-12-10(8-11)6-7-15-12;/h4-9,13,15H,3,14H2,1-2H3;1H/t9?,13-;/m0./s1. The molecule has 2 rings (SSSR count). The molecule has 1 heterocycles. The van der Waals surface area contributed by atoms with E-state index in [4.69, 9.17) is 5.73 Å². The van der Waals surface area contributed by atoms with E-state index in [1.165, 1.54) is 16.5 Å². The molecule has 0 aliphatic carbocycles. The average Bonchev–Trinajstić information content (AvgIpc) is 2.73. The van der Waals surface area contributed by atoms with Crippen LogP contribution in [0.15, 0.2) is 30.5 Å². The summed E-state index contributed by atoms with van der Waals surface area (Å²) in [5.41, 5.74) is 8.61. The molecule has 0 saturated carbocycles. The van der Waals surface area contributed by atoms with Gasteiger partial charge in [0.1, 0.15) is 0 Å². The molecule has 2 atom stereocenters. The Morgan fingerprint density at radius 3 is 2.75 bits per heavy atom. The van der Waals surface area contributed by atoms with E-state index in [-0.39, 0.29) is 18.4 Å². The fraction of sp³-hybridized carbons (Fsp3) is 0.385. The summed E-state index contributed by atoms with van der Waals surface area (Å²) >= 11 is 0. The monoisotopic (exact) mass is 238 g/mol. The fourth-order valence-corrected chi connectivity index (χ4v) is 1.86. The third kappa shape index (κ3) is 2.39. The van der Waals surface area contributed by atoms with Gasteiger partial charge in [-0.05, 0) is 35.1 Å². The first-order valence-electron chi connectivity index (χ1n) is 5.55. The first-order chi connectivity index (χ1) is 7.22. The van der Waals surface area contributed by atoms with Crippen LogP contribution in [-0.2, 0) is 0 Å². The Morgan fingerprint density at radius 2 is 2.06 bits per heavy atom. The summed E-state index contributed by atoms with van der Waals surface area (Å²) in [6.07, 6.45) is 3.08. The maximum Gasteiger partial charge on any atom is 0.0454 e. The van der Waals surface area contributed by atoms with Gasteiger partial charge in [-0.1, -0.05) is 26.3 Å². The minimum absolute atomic E-state index is 0. The highest BCUT2D eigenvalue weighted by molar-refractivity contribution is 5.85. The van der Waals surface area contributed by atoms with Crippen LogP contribution in [0.25, 0.3) is 10.9 Å². The van der Waals surface area contributed by atoms with Crippen LogP contribution in [0.3, 0.4) is 0 Å². The predicted octanol–water partition coefficient (Wildman–Crippen LogP) is 3.64. The second kappa shape index (κ2) is 5.37. The molecular weight excluding hydrogens is 220 g/mol. The highest BCUT2D eigenvalue weighted by atomic mass is 35.5. The lowest BCUT2D eigenvalue weighted by molar-refractivity contribution is 0.457. The van der Waals surface area contributed by atoms with Gasteiger partial charge in [0.25, 0.3) is 0 Å². The molecule has 88 valence electrons. The highest BCUT2D eigenvalue weighted by Crippen LogP contribution is 2.24. The number of H-pyrrole nitrogens is 1. The second-order valence-electron chi connectivity index (χ2n) is 4.24. The highest BCUT2D eigenvalue weighted by Gasteiger charge is 2.13. The fourth-order valence-electron chi connectivity index (χ4n) is 1.86. The van der Waals surface area contributed by atoms with Crippen molar-refractivity contribution >= 4 is 23.3 Å². The Morgan fingerprint density at radius 1 is 1.31 bits per heavy atom. The van der Waals surface area contributed by atoms with Crippen LogP contribution in [0.2, 0.25) is 0 Å². The molecule has 1 aromatic carbocycles. The Kier molecular flexibility index (Phi) is 4.39. The van der Waals surface area contributed by atoms with Gasteiger partial charge in [0.15, 0.2) is 0 Å². The van der Waals surface area contributed by atoms with Gasteiger partial charge in [0, 0.05) is 17.8 Å². The topological polar surface area (TPSA) is 41.8 Å². The molecule has 0 radical (unpaired) electrons. The van der Waals surface area contributed by atoms with Gasteiger partial charge in [-0.2, -0.15) is 0 Å². The van der Waals surface area contributed by atoms with Crippen LogP contribution < -0.4 is 5.73 Å². The van der Waals surface area contributed by atoms with E-state index in [0.29, 0.717) is 5.92 Å². The van der Waals surface area contributed by atoms with E-state index in [1.807, 2.05) is 6.20 Å². The van der Waals surface area contributed by atoms with Gasteiger partial charge in [0.2, 0.25) is 0 Å². The molecular formula is C13H19ClN2. The summed E-state index contributed by atoms with van der Waals surface area (Å²) < 4.78 is 0. The molecule has 2 nitrogen and oxygen atoms in total. The summed E-state index contributed by atoms with van der Waals surface area (Å²) in [5, 5.41) is 1.24. The molecule has 0 aliphatic heterocycles. The smallest absolute Gasteiger partial charge is 0.0454 e. The van der Waals surface area contributed by atoms with Crippen LogP contribution >= 0.6 is 12.4 Å². The van der Waals surface area contributed by atoms with Gasteiger partial charge in [-0.25, -0.2) is 0 Å². The summed E-state index contributed by atoms with van der Waals surface area (Å²) in [6, 6.07) is 8.64. The van der Waals surface area contributed by atoms with Crippen molar-refractivity contribution in [2.45, 2.75) is 26.3 Å². The molecule has 1 aromatic heterocycles. The number of halogens is 1. The lowest BCUT2D eigenvalue weighted by Crippen LogP contribution is -2.18. The number of rotatable bonds is 3. The number of nitrogens with one attached hydrogen (secondary N) is 1. The number of hydrogen-bond acceptors (Lipinski definition) is 1. The average molecular weight is 239 g/mol. The number of aromatic nitrogens is 1. The number of hydrogen-bond donors (Lipinski definition) is 2. The third-order valence-electron chi connectivity index (χ3n) is 3.22.